The first-order valence-corrected chi connectivity index (χ1v) is 8.89. The molecule has 0 spiro atoms. The van der Waals surface area contributed by atoms with Crippen molar-refractivity contribution in [3.63, 3.8) is 0 Å². The summed E-state index contributed by atoms with van der Waals surface area (Å²) in [6.45, 7) is 0. The van der Waals surface area contributed by atoms with Crippen molar-refractivity contribution in [1.82, 2.24) is 14.8 Å². The third kappa shape index (κ3) is 2.95. The smallest absolute Gasteiger partial charge is 0.241 e. The van der Waals surface area contributed by atoms with Crippen molar-refractivity contribution in [2.24, 2.45) is 0 Å². The number of nitrogens with one attached hydrogen (secondary N) is 1. The van der Waals surface area contributed by atoms with E-state index in [-0.39, 0.29) is 18.0 Å². The molecule has 1 aliphatic heterocycles. The predicted molar refractivity (Wildman–Crippen MR) is 103 cm³/mol. The predicted octanol–water partition coefficient (Wildman–Crippen LogP) is 4.32. The largest absolute Gasteiger partial charge is 0.497 e. The van der Waals surface area contributed by atoms with E-state index in [1.165, 1.54) is 0 Å². The number of rotatable bonds is 3. The van der Waals surface area contributed by atoms with Crippen molar-refractivity contribution in [2.75, 3.05) is 18.2 Å². The zero-order chi connectivity index (χ0) is 18.3. The number of fused-ring (bicyclic) bond motifs is 1. The van der Waals surface area contributed by atoms with E-state index in [1.807, 2.05) is 42.5 Å². The molecule has 0 bridgehead atoms. The third-order valence-corrected chi connectivity index (χ3v) is 5.22. The Hall–Kier alpha value is -2.44. The van der Waals surface area contributed by atoms with Crippen molar-refractivity contribution in [1.29, 1.82) is 0 Å². The van der Waals surface area contributed by atoms with Gasteiger partial charge < -0.3 is 15.8 Å². The number of nitrogen functional groups attached to an aromatic ring is 1. The summed E-state index contributed by atoms with van der Waals surface area (Å²) in [4.78, 5) is 4.30. The normalized spacial score (nSPS) is 18.9. The third-order valence-electron chi connectivity index (χ3n) is 4.56. The minimum Gasteiger partial charge on any atom is -0.497 e. The molecule has 1 aliphatic rings. The van der Waals surface area contributed by atoms with E-state index in [2.05, 4.69) is 15.4 Å². The average Bonchev–Trinajstić information content (AvgIpc) is 3.02. The lowest BCUT2D eigenvalue weighted by molar-refractivity contribution is 0.413. The molecule has 0 amide bonds. The molecule has 0 saturated carbocycles. The van der Waals surface area contributed by atoms with Crippen LogP contribution < -0.4 is 15.8 Å². The van der Waals surface area contributed by atoms with Crippen LogP contribution in [0.2, 0.25) is 10.0 Å². The molecule has 1 aromatic heterocycles. The summed E-state index contributed by atoms with van der Waals surface area (Å²) in [5.41, 5.74) is 7.76. The molecular weight excluding hydrogens is 373 g/mol. The van der Waals surface area contributed by atoms with E-state index in [9.17, 15) is 0 Å². The summed E-state index contributed by atoms with van der Waals surface area (Å²) in [7, 11) is 1.65. The van der Waals surface area contributed by atoms with Crippen LogP contribution in [0.1, 0.15) is 29.6 Å². The SMILES string of the molecule is COc1ccc([C@@H]2C[C@H](c3c(Cl)cccc3Cl)n3nc(N)nc3N2)cc1. The lowest BCUT2D eigenvalue weighted by Gasteiger charge is -2.32. The minimum atomic E-state index is -0.177. The maximum atomic E-state index is 6.46. The number of nitrogens with zero attached hydrogens (tertiary/aromatic N) is 3. The number of ether oxygens (including phenoxy) is 1. The summed E-state index contributed by atoms with van der Waals surface area (Å²) in [5, 5.41) is 8.91. The number of aromatic nitrogens is 3. The lowest BCUT2D eigenvalue weighted by Crippen LogP contribution is -2.28. The van der Waals surface area contributed by atoms with Gasteiger partial charge in [-0.2, -0.15) is 4.98 Å². The van der Waals surface area contributed by atoms with Gasteiger partial charge in [0.1, 0.15) is 5.75 Å². The Morgan fingerprint density at radius 3 is 2.50 bits per heavy atom. The molecule has 4 rings (SSSR count). The Balaban J connectivity index is 1.78. The fourth-order valence-corrected chi connectivity index (χ4v) is 3.97. The number of benzene rings is 2. The molecule has 3 aromatic rings. The van der Waals surface area contributed by atoms with E-state index in [0.29, 0.717) is 22.4 Å². The van der Waals surface area contributed by atoms with Gasteiger partial charge in [-0.15, -0.1) is 5.10 Å². The second-order valence-electron chi connectivity index (χ2n) is 6.10. The topological polar surface area (TPSA) is 78.0 Å². The van der Waals surface area contributed by atoms with Crippen LogP contribution in [0.25, 0.3) is 0 Å². The highest BCUT2D eigenvalue weighted by Gasteiger charge is 2.33. The highest BCUT2D eigenvalue weighted by atomic mass is 35.5. The lowest BCUT2D eigenvalue weighted by atomic mass is 9.93. The Bertz CT molecular complexity index is 921. The van der Waals surface area contributed by atoms with Crippen LogP contribution in [0.4, 0.5) is 11.9 Å². The van der Waals surface area contributed by atoms with E-state index in [0.717, 1.165) is 16.9 Å². The number of methoxy groups -OCH3 is 1. The van der Waals surface area contributed by atoms with Crippen molar-refractivity contribution >= 4 is 35.1 Å². The van der Waals surface area contributed by atoms with Gasteiger partial charge in [0, 0.05) is 15.6 Å². The molecule has 6 nitrogen and oxygen atoms in total. The van der Waals surface area contributed by atoms with Crippen LogP contribution >= 0.6 is 23.2 Å². The Kier molecular flexibility index (Phi) is 4.38. The maximum absolute atomic E-state index is 6.46. The Morgan fingerprint density at radius 2 is 1.85 bits per heavy atom. The standard InChI is InChI=1S/C18H17Cl2N5O/c1-26-11-7-5-10(6-8-11)14-9-15(16-12(19)3-2-4-13(16)20)25-18(22-14)23-17(21)24-25/h2-8,14-15H,9H2,1H3,(H3,21,22,23,24)/t14-,15+/m0/s1. The fraction of sp³-hybridized carbons (Fsp3) is 0.222. The number of halogens is 2. The van der Waals surface area contributed by atoms with Crippen LogP contribution in [0.15, 0.2) is 42.5 Å². The van der Waals surface area contributed by atoms with E-state index >= 15 is 0 Å². The molecule has 0 saturated heterocycles. The fourth-order valence-electron chi connectivity index (χ4n) is 3.32. The van der Waals surface area contributed by atoms with Crippen LogP contribution in [-0.4, -0.2) is 21.9 Å². The van der Waals surface area contributed by atoms with Gasteiger partial charge in [0.05, 0.1) is 19.2 Å². The molecule has 0 unspecified atom stereocenters. The first kappa shape index (κ1) is 17.0. The number of anilines is 2. The van der Waals surface area contributed by atoms with E-state index in [4.69, 9.17) is 33.7 Å². The van der Waals surface area contributed by atoms with E-state index < -0.39 is 0 Å². The molecule has 2 heterocycles. The van der Waals surface area contributed by atoms with Crippen LogP contribution in [0.3, 0.4) is 0 Å². The quantitative estimate of drug-likeness (QED) is 0.697. The molecule has 3 N–H and O–H groups in total. The highest BCUT2D eigenvalue weighted by molar-refractivity contribution is 6.36. The van der Waals surface area contributed by atoms with Gasteiger partial charge in [0.2, 0.25) is 11.9 Å². The molecule has 2 atom stereocenters. The van der Waals surface area contributed by atoms with E-state index in [1.54, 1.807) is 11.8 Å². The zero-order valence-electron chi connectivity index (χ0n) is 14.0. The Labute approximate surface area is 160 Å². The maximum Gasteiger partial charge on any atom is 0.241 e. The number of nitrogens with two attached hydrogens (primary N) is 1. The molecule has 0 fully saturated rings. The summed E-state index contributed by atoms with van der Waals surface area (Å²) in [5.74, 6) is 1.61. The monoisotopic (exact) mass is 389 g/mol. The van der Waals surface area contributed by atoms with Crippen molar-refractivity contribution in [2.45, 2.75) is 18.5 Å². The Morgan fingerprint density at radius 1 is 1.15 bits per heavy atom. The number of hydrogen-bond donors (Lipinski definition) is 2. The zero-order valence-corrected chi connectivity index (χ0v) is 15.5. The summed E-state index contributed by atoms with van der Waals surface area (Å²) in [6, 6.07) is 13.2. The van der Waals surface area contributed by atoms with Gasteiger partial charge in [0.25, 0.3) is 0 Å². The van der Waals surface area contributed by atoms with Crippen LogP contribution in [0, 0.1) is 0 Å². The van der Waals surface area contributed by atoms with Crippen LogP contribution in [-0.2, 0) is 0 Å². The minimum absolute atomic E-state index is 0.00865. The molecule has 0 aliphatic carbocycles. The van der Waals surface area contributed by atoms with Gasteiger partial charge in [-0.1, -0.05) is 41.4 Å². The van der Waals surface area contributed by atoms with Gasteiger partial charge >= 0.3 is 0 Å². The molecule has 26 heavy (non-hydrogen) atoms. The molecule has 8 heteroatoms. The van der Waals surface area contributed by atoms with Crippen molar-refractivity contribution in [3.8, 4) is 5.75 Å². The van der Waals surface area contributed by atoms with Crippen molar-refractivity contribution < 1.29 is 4.74 Å². The summed E-state index contributed by atoms with van der Waals surface area (Å²) < 4.78 is 6.99. The van der Waals surface area contributed by atoms with Crippen molar-refractivity contribution in [3.05, 3.63) is 63.6 Å². The molecule has 0 radical (unpaired) electrons. The van der Waals surface area contributed by atoms with Gasteiger partial charge in [-0.3, -0.25) is 0 Å². The second-order valence-corrected chi connectivity index (χ2v) is 6.91. The highest BCUT2D eigenvalue weighted by Crippen LogP contribution is 2.42. The van der Waals surface area contributed by atoms with Gasteiger partial charge in [-0.05, 0) is 36.2 Å². The van der Waals surface area contributed by atoms with Crippen LogP contribution in [0.5, 0.6) is 5.75 Å². The van der Waals surface area contributed by atoms with Gasteiger partial charge in [0.15, 0.2) is 0 Å². The average molecular weight is 390 g/mol. The second kappa shape index (κ2) is 6.70. The molecule has 134 valence electrons. The summed E-state index contributed by atoms with van der Waals surface area (Å²) >= 11 is 12.9. The summed E-state index contributed by atoms with van der Waals surface area (Å²) in [6.07, 6.45) is 0.700. The molecule has 2 aromatic carbocycles. The van der Waals surface area contributed by atoms with Gasteiger partial charge in [-0.25, -0.2) is 4.68 Å². The number of hydrogen-bond acceptors (Lipinski definition) is 5. The molecular formula is C18H17Cl2N5O. The first-order valence-electron chi connectivity index (χ1n) is 8.13. The first-order chi connectivity index (χ1) is 12.6.